The van der Waals surface area contributed by atoms with Gasteiger partial charge in [0.25, 0.3) is 5.91 Å². The maximum Gasteiger partial charge on any atom is 0.415 e. The van der Waals surface area contributed by atoms with Crippen LogP contribution in [0.15, 0.2) is 83.3 Å². The highest BCUT2D eigenvalue weighted by Gasteiger charge is 2.33. The van der Waals surface area contributed by atoms with Gasteiger partial charge < -0.3 is 71.0 Å². The molecule has 0 aliphatic carbocycles. The monoisotopic (exact) mass is 977 g/mol. The van der Waals surface area contributed by atoms with Crippen molar-refractivity contribution in [2.45, 2.75) is 51.8 Å². The van der Waals surface area contributed by atoms with Gasteiger partial charge in [0.05, 0.1) is 18.3 Å². The molecule has 1 unspecified atom stereocenters. The summed E-state index contributed by atoms with van der Waals surface area (Å²) in [6.45, 7) is 7.70. The Balaban J connectivity index is 0.913. The number of nitrogens with zero attached hydrogens (tertiary/aromatic N) is 4. The van der Waals surface area contributed by atoms with Crippen LogP contribution < -0.4 is 47.1 Å². The smallest absolute Gasteiger partial charge is 0.415 e. The molecule has 0 bridgehead atoms. The third kappa shape index (κ3) is 13.3. The van der Waals surface area contributed by atoms with E-state index in [0.717, 1.165) is 28.3 Å². The number of primary amides is 1. The van der Waals surface area contributed by atoms with Crippen molar-refractivity contribution < 1.29 is 53.1 Å². The molecule has 7 rings (SSSR count). The van der Waals surface area contributed by atoms with Crippen molar-refractivity contribution in [3.63, 3.8) is 0 Å². The summed E-state index contributed by atoms with van der Waals surface area (Å²) < 4.78 is 23.6. The Labute approximate surface area is 412 Å². The van der Waals surface area contributed by atoms with E-state index in [0.29, 0.717) is 73.1 Å². The van der Waals surface area contributed by atoms with Gasteiger partial charge in [-0.25, -0.2) is 14.4 Å². The number of nitrogens with one attached hydrogen (secondary N) is 4. The SMILES string of the molecule is CC(C)C(NCC[NH3+])C(=O)N[C@@H](CCCNC(N)=O)C(=O)Nc1ccc(COC(=O)N2CCN(C(=O)Oc3cc4c(c5ccccc35)CCN4C(=O)c3cc4cc(OCCN(C)C)ccc4o3)CC2)cc1. The van der Waals surface area contributed by atoms with Gasteiger partial charge in [-0.05, 0) is 92.2 Å². The summed E-state index contributed by atoms with van der Waals surface area (Å²) in [7, 11) is 3.96. The molecule has 20 nitrogen and oxygen atoms in total. The molecule has 4 aromatic carbocycles. The first-order valence-electron chi connectivity index (χ1n) is 24.0. The van der Waals surface area contributed by atoms with E-state index in [1.165, 1.54) is 9.80 Å². The van der Waals surface area contributed by atoms with Gasteiger partial charge in [0.2, 0.25) is 11.8 Å². The van der Waals surface area contributed by atoms with Crippen LogP contribution in [-0.2, 0) is 27.4 Å². The van der Waals surface area contributed by atoms with Crippen molar-refractivity contribution >= 4 is 69.1 Å². The number of rotatable bonds is 20. The van der Waals surface area contributed by atoms with Crippen molar-refractivity contribution in [1.82, 2.24) is 30.7 Å². The van der Waals surface area contributed by atoms with E-state index >= 15 is 0 Å². The quantitative estimate of drug-likeness (QED) is 0.0607. The molecule has 7 amide bonds. The number of hydrogen-bond acceptors (Lipinski definition) is 12. The van der Waals surface area contributed by atoms with Gasteiger partial charge in [0.1, 0.15) is 36.3 Å². The van der Waals surface area contributed by atoms with Gasteiger partial charge >= 0.3 is 18.2 Å². The molecule has 71 heavy (non-hydrogen) atoms. The van der Waals surface area contributed by atoms with Crippen LogP contribution in [0.5, 0.6) is 11.5 Å². The molecule has 3 heterocycles. The third-order valence-corrected chi connectivity index (χ3v) is 12.4. The van der Waals surface area contributed by atoms with Crippen molar-refractivity contribution in [3.8, 4) is 11.5 Å². The number of anilines is 2. The zero-order valence-corrected chi connectivity index (χ0v) is 40.8. The number of nitrogens with two attached hydrogens (primary N) is 1. The highest BCUT2D eigenvalue weighted by molar-refractivity contribution is 6.10. The number of carbonyl (C=O) groups is 6. The number of fused-ring (bicyclic) bond motifs is 4. The molecule has 1 saturated heterocycles. The van der Waals surface area contributed by atoms with Crippen molar-refractivity contribution in [2.24, 2.45) is 11.7 Å². The van der Waals surface area contributed by atoms with Crippen molar-refractivity contribution in [1.29, 1.82) is 0 Å². The second-order valence-electron chi connectivity index (χ2n) is 18.2. The van der Waals surface area contributed by atoms with E-state index < -0.39 is 36.2 Å². The predicted octanol–water partition coefficient (Wildman–Crippen LogP) is 3.91. The molecule has 20 heteroatoms. The zero-order valence-electron chi connectivity index (χ0n) is 40.8. The second-order valence-corrected chi connectivity index (χ2v) is 18.2. The molecule has 2 atom stereocenters. The van der Waals surface area contributed by atoms with Crippen molar-refractivity contribution in [2.75, 3.05) is 89.8 Å². The zero-order chi connectivity index (χ0) is 50.6. The third-order valence-electron chi connectivity index (χ3n) is 12.4. The molecule has 1 fully saturated rings. The summed E-state index contributed by atoms with van der Waals surface area (Å²) in [4.78, 5) is 85.5. The molecular weight excluding hydrogens is 913 g/mol. The van der Waals surface area contributed by atoms with Crippen LogP contribution >= 0.6 is 0 Å². The highest BCUT2D eigenvalue weighted by Crippen LogP contribution is 2.41. The lowest BCUT2D eigenvalue weighted by Gasteiger charge is -2.33. The maximum atomic E-state index is 14.0. The van der Waals surface area contributed by atoms with Gasteiger partial charge in [-0.3, -0.25) is 14.4 Å². The molecule has 5 aromatic rings. The summed E-state index contributed by atoms with van der Waals surface area (Å²) in [6.07, 6.45) is 0.124. The number of urea groups is 1. The first kappa shape index (κ1) is 51.4. The van der Waals surface area contributed by atoms with Gasteiger partial charge in [-0.15, -0.1) is 0 Å². The largest absolute Gasteiger partial charge is 0.492 e. The molecule has 1 aromatic heterocycles. The van der Waals surface area contributed by atoms with Crippen LogP contribution in [0.3, 0.4) is 0 Å². The highest BCUT2D eigenvalue weighted by atomic mass is 16.6. The Bertz CT molecular complexity index is 2700. The number of quaternary nitrogens is 1. The lowest BCUT2D eigenvalue weighted by molar-refractivity contribution is -0.365. The minimum atomic E-state index is -0.894. The minimum Gasteiger partial charge on any atom is -0.492 e. The maximum absolute atomic E-state index is 14.0. The van der Waals surface area contributed by atoms with E-state index in [2.05, 4.69) is 27.0 Å². The molecule has 9 N–H and O–H groups in total. The number of furan rings is 1. The summed E-state index contributed by atoms with van der Waals surface area (Å²) >= 11 is 0. The topological polar surface area (TPSA) is 258 Å². The number of benzene rings is 4. The molecular formula is C51H65N10O10+. The standard InChI is InChI=1S/C51H64N10O10/c1-32(2)45(54-20-18-52)47(63)57-40(10-7-19-55-49(53)65)46(62)56-35-13-11-33(12-14-35)31-69-50(66)59-22-24-60(25-23-59)51(67)71-43-30-41-38(37-8-5-6-9-39(37)43)17-21-61(41)48(64)44-29-34-28-36(15-16-42(34)70-44)68-27-26-58(3)4/h5-6,8-9,11-16,28-30,32,40,45,54H,7,10,17-27,31,52H2,1-4H3,(H,56,62)(H,57,63)(H3,53,55,65)/p+1/t40-,45?/m0/s1. The normalized spacial score (nSPS) is 14.3. The molecule has 2 aliphatic rings. The van der Waals surface area contributed by atoms with Crippen LogP contribution in [0.2, 0.25) is 0 Å². The molecule has 0 radical (unpaired) electrons. The van der Waals surface area contributed by atoms with Gasteiger partial charge in [0, 0.05) is 74.9 Å². The summed E-state index contributed by atoms with van der Waals surface area (Å²) in [6, 6.07) is 21.3. The first-order valence-corrected chi connectivity index (χ1v) is 24.0. The second kappa shape index (κ2) is 23.9. The Hall–Kier alpha value is -7.42. The van der Waals surface area contributed by atoms with Crippen LogP contribution in [0.4, 0.5) is 25.8 Å². The lowest BCUT2D eigenvalue weighted by atomic mass is 10.0. The van der Waals surface area contributed by atoms with E-state index in [1.807, 2.05) is 69.2 Å². The van der Waals surface area contributed by atoms with Crippen LogP contribution in [0.25, 0.3) is 21.7 Å². The van der Waals surface area contributed by atoms with Gasteiger partial charge in [-0.1, -0.05) is 50.2 Å². The van der Waals surface area contributed by atoms with E-state index in [1.54, 1.807) is 47.4 Å². The number of likely N-dealkylation sites (N-methyl/N-ethyl adjacent to an activating group) is 1. The molecule has 2 aliphatic heterocycles. The number of carbonyl (C=O) groups excluding carboxylic acids is 6. The minimum absolute atomic E-state index is 0.0355. The fourth-order valence-corrected chi connectivity index (χ4v) is 8.54. The Morgan fingerprint density at radius 1 is 0.845 bits per heavy atom. The molecule has 0 spiro atoms. The average Bonchev–Trinajstić information content (AvgIpc) is 3.99. The van der Waals surface area contributed by atoms with Crippen LogP contribution in [0, 0.1) is 5.92 Å². The summed E-state index contributed by atoms with van der Waals surface area (Å²) in [5.41, 5.74) is 12.3. The molecule has 0 saturated carbocycles. The number of piperazine rings is 1. The van der Waals surface area contributed by atoms with Crippen LogP contribution in [-0.4, -0.2) is 142 Å². The van der Waals surface area contributed by atoms with E-state index in [-0.39, 0.29) is 69.2 Å². The number of amides is 7. The Morgan fingerprint density at radius 3 is 2.25 bits per heavy atom. The summed E-state index contributed by atoms with van der Waals surface area (Å²) in [5.74, 6) is 0.0846. The van der Waals surface area contributed by atoms with E-state index in [4.69, 9.17) is 24.4 Å². The number of ether oxygens (including phenoxy) is 3. The Morgan fingerprint density at radius 2 is 1.56 bits per heavy atom. The lowest BCUT2D eigenvalue weighted by Crippen LogP contribution is -2.58. The van der Waals surface area contributed by atoms with Gasteiger partial charge in [-0.2, -0.15) is 0 Å². The fourth-order valence-electron chi connectivity index (χ4n) is 8.54. The van der Waals surface area contributed by atoms with Crippen molar-refractivity contribution in [3.05, 3.63) is 95.7 Å². The average molecular weight is 978 g/mol. The number of hydrogen-bond donors (Lipinski definition) is 6. The van der Waals surface area contributed by atoms with Gasteiger partial charge in [0.15, 0.2) is 5.76 Å². The first-order chi connectivity index (χ1) is 34.2. The van der Waals surface area contributed by atoms with E-state index in [9.17, 15) is 28.8 Å². The fraction of sp³-hybridized carbons (Fsp3) is 0.412. The van der Waals surface area contributed by atoms with Crippen LogP contribution in [0.1, 0.15) is 48.4 Å². The summed E-state index contributed by atoms with van der Waals surface area (Å²) in [5, 5.41) is 13.8. The predicted molar refractivity (Wildman–Crippen MR) is 267 cm³/mol. The molecule has 378 valence electrons. The Kier molecular flexibility index (Phi) is 17.3.